The zero-order valence-corrected chi connectivity index (χ0v) is 15.0. The van der Waals surface area contributed by atoms with Crippen molar-refractivity contribution in [3.05, 3.63) is 64.1 Å². The van der Waals surface area contributed by atoms with E-state index in [1.165, 1.54) is 10.8 Å². The second kappa shape index (κ2) is 5.93. The fourth-order valence-corrected chi connectivity index (χ4v) is 3.93. The Morgan fingerprint density at radius 2 is 2.04 bits per heavy atom. The van der Waals surface area contributed by atoms with E-state index in [1.54, 1.807) is 18.3 Å². The number of pyridine rings is 2. The number of rotatable bonds is 0. The number of halogens is 2. The molecule has 2 aliphatic rings. The van der Waals surface area contributed by atoms with Crippen LogP contribution in [0.5, 0.6) is 0 Å². The molecule has 0 N–H and O–H groups in total. The largest absolute Gasteiger partial charge is 0.294 e. The first-order valence-electron chi connectivity index (χ1n) is 9.18. The number of hydrogen-bond acceptors (Lipinski definition) is 4. The first-order valence-corrected chi connectivity index (χ1v) is 9.18. The standard InChI is InChI=1S/C21H16F2N4O/c22-21(23)12-20(21)8-3-5-17-26-16-10-14(6-7-15-4-1-2-9-24-15)11-25-18(16)19(28)27(17)13-20/h1-2,4,9-11H,3,5,8,12-13H2. The van der Waals surface area contributed by atoms with Crippen LogP contribution in [0.1, 0.15) is 36.3 Å². The third-order valence-electron chi connectivity index (χ3n) is 5.60. The predicted molar refractivity (Wildman–Crippen MR) is 99.0 cm³/mol. The number of aromatic nitrogens is 4. The van der Waals surface area contributed by atoms with E-state index in [0.717, 1.165) is 0 Å². The Labute approximate surface area is 159 Å². The third-order valence-corrected chi connectivity index (χ3v) is 5.60. The summed E-state index contributed by atoms with van der Waals surface area (Å²) in [5.41, 5.74) is 0.442. The van der Waals surface area contributed by atoms with Gasteiger partial charge in [0.25, 0.3) is 11.5 Å². The predicted octanol–water partition coefficient (Wildman–Crippen LogP) is 2.95. The molecule has 1 atom stereocenters. The second-order valence-electron chi connectivity index (χ2n) is 7.49. The molecular formula is C21H16F2N4O. The summed E-state index contributed by atoms with van der Waals surface area (Å²) in [5.74, 6) is 3.78. The summed E-state index contributed by atoms with van der Waals surface area (Å²) in [6, 6.07) is 7.18. The Kier molecular flexibility index (Phi) is 3.60. The van der Waals surface area contributed by atoms with Gasteiger partial charge < -0.3 is 0 Å². The molecular weight excluding hydrogens is 362 g/mol. The maximum atomic E-state index is 13.9. The van der Waals surface area contributed by atoms with Crippen LogP contribution in [-0.4, -0.2) is 25.4 Å². The Balaban J connectivity index is 1.56. The minimum Gasteiger partial charge on any atom is -0.294 e. The van der Waals surface area contributed by atoms with Crippen molar-refractivity contribution in [2.75, 3.05) is 0 Å². The Bertz CT molecular complexity index is 1210. The molecule has 0 radical (unpaired) electrons. The molecule has 5 nitrogen and oxygen atoms in total. The van der Waals surface area contributed by atoms with E-state index in [2.05, 4.69) is 26.8 Å². The average molecular weight is 378 g/mol. The lowest BCUT2D eigenvalue weighted by atomic mass is 10.00. The molecule has 7 heteroatoms. The highest BCUT2D eigenvalue weighted by atomic mass is 19.3. The number of hydrogen-bond donors (Lipinski definition) is 0. The van der Waals surface area contributed by atoms with Crippen molar-refractivity contribution in [2.24, 2.45) is 5.41 Å². The molecule has 1 spiro atoms. The molecule has 1 aliphatic carbocycles. The van der Waals surface area contributed by atoms with Gasteiger partial charge in [-0.05, 0) is 37.0 Å². The van der Waals surface area contributed by atoms with Crippen LogP contribution in [0.15, 0.2) is 41.5 Å². The quantitative estimate of drug-likeness (QED) is 0.565. The van der Waals surface area contributed by atoms with Gasteiger partial charge in [0.1, 0.15) is 11.5 Å². The van der Waals surface area contributed by atoms with Gasteiger partial charge in [0.05, 0.1) is 10.9 Å². The van der Waals surface area contributed by atoms with Gasteiger partial charge in [-0.15, -0.1) is 0 Å². The molecule has 28 heavy (non-hydrogen) atoms. The Morgan fingerprint density at radius 3 is 2.79 bits per heavy atom. The molecule has 3 aromatic heterocycles. The third kappa shape index (κ3) is 2.68. The highest BCUT2D eigenvalue weighted by Gasteiger charge is 2.70. The number of nitrogens with zero attached hydrogens (tertiary/aromatic N) is 4. The van der Waals surface area contributed by atoms with Gasteiger partial charge >= 0.3 is 0 Å². The van der Waals surface area contributed by atoms with Crippen molar-refractivity contribution in [2.45, 2.75) is 38.2 Å². The summed E-state index contributed by atoms with van der Waals surface area (Å²) in [5, 5.41) is 0. The summed E-state index contributed by atoms with van der Waals surface area (Å²) < 4.78 is 29.2. The first kappa shape index (κ1) is 17.0. The van der Waals surface area contributed by atoms with Crippen LogP contribution in [0.3, 0.4) is 0 Å². The summed E-state index contributed by atoms with van der Waals surface area (Å²) in [6.45, 7) is 0.0139. The lowest BCUT2D eigenvalue weighted by molar-refractivity contribution is 0.0536. The van der Waals surface area contributed by atoms with Crippen molar-refractivity contribution < 1.29 is 8.78 Å². The number of fused-ring (bicyclic) bond motifs is 2. The minimum absolute atomic E-state index is 0.0139. The van der Waals surface area contributed by atoms with Crippen LogP contribution in [0.25, 0.3) is 11.0 Å². The maximum Gasteiger partial charge on any atom is 0.280 e. The number of aryl methyl sites for hydroxylation is 1. The molecule has 140 valence electrons. The summed E-state index contributed by atoms with van der Waals surface area (Å²) in [6.07, 6.45) is 4.53. The van der Waals surface area contributed by atoms with E-state index in [1.807, 2.05) is 12.1 Å². The summed E-state index contributed by atoms with van der Waals surface area (Å²) in [7, 11) is 0. The molecule has 1 aliphatic heterocycles. The van der Waals surface area contributed by atoms with E-state index in [9.17, 15) is 13.6 Å². The highest BCUT2D eigenvalue weighted by Crippen LogP contribution is 2.64. The zero-order chi connectivity index (χ0) is 19.4. The highest BCUT2D eigenvalue weighted by molar-refractivity contribution is 5.74. The van der Waals surface area contributed by atoms with E-state index in [-0.39, 0.29) is 24.0 Å². The van der Waals surface area contributed by atoms with Gasteiger partial charge in [-0.3, -0.25) is 9.36 Å². The van der Waals surface area contributed by atoms with Gasteiger partial charge in [-0.1, -0.05) is 12.0 Å². The second-order valence-corrected chi connectivity index (χ2v) is 7.49. The van der Waals surface area contributed by atoms with Crippen molar-refractivity contribution in [3.63, 3.8) is 0 Å². The lowest BCUT2D eigenvalue weighted by Gasteiger charge is -2.15. The van der Waals surface area contributed by atoms with Crippen molar-refractivity contribution in [1.82, 2.24) is 19.5 Å². The van der Waals surface area contributed by atoms with Gasteiger partial charge in [-0.25, -0.2) is 23.7 Å². The molecule has 5 rings (SSSR count). The molecule has 3 aromatic rings. The molecule has 0 saturated heterocycles. The van der Waals surface area contributed by atoms with Crippen LogP contribution < -0.4 is 5.56 Å². The minimum atomic E-state index is -2.69. The van der Waals surface area contributed by atoms with E-state index >= 15 is 0 Å². The normalized spacial score (nSPS) is 22.2. The van der Waals surface area contributed by atoms with E-state index in [0.29, 0.717) is 41.9 Å². The van der Waals surface area contributed by atoms with Gasteiger partial charge in [-0.2, -0.15) is 0 Å². The smallest absolute Gasteiger partial charge is 0.280 e. The van der Waals surface area contributed by atoms with Crippen molar-refractivity contribution in [3.8, 4) is 11.8 Å². The molecule has 0 bridgehead atoms. The molecule has 0 aromatic carbocycles. The molecule has 1 saturated carbocycles. The fraction of sp³-hybridized carbons (Fsp3) is 0.333. The zero-order valence-electron chi connectivity index (χ0n) is 15.0. The monoisotopic (exact) mass is 378 g/mol. The van der Waals surface area contributed by atoms with Crippen molar-refractivity contribution >= 4 is 11.0 Å². The van der Waals surface area contributed by atoms with Crippen LogP contribution in [0, 0.1) is 17.3 Å². The van der Waals surface area contributed by atoms with Crippen LogP contribution in [0.4, 0.5) is 8.78 Å². The van der Waals surface area contributed by atoms with Crippen LogP contribution in [-0.2, 0) is 13.0 Å². The number of alkyl halides is 2. The van der Waals surface area contributed by atoms with Gasteiger partial charge in [0.2, 0.25) is 0 Å². The topological polar surface area (TPSA) is 60.7 Å². The van der Waals surface area contributed by atoms with Gasteiger partial charge in [0.15, 0.2) is 5.52 Å². The first-order chi connectivity index (χ1) is 13.5. The molecule has 0 amide bonds. The molecule has 1 fully saturated rings. The van der Waals surface area contributed by atoms with Crippen LogP contribution in [0.2, 0.25) is 0 Å². The van der Waals surface area contributed by atoms with Gasteiger partial charge in [0, 0.05) is 37.3 Å². The molecule has 1 unspecified atom stereocenters. The average Bonchev–Trinajstić information content (AvgIpc) is 3.29. The van der Waals surface area contributed by atoms with Crippen molar-refractivity contribution in [1.29, 1.82) is 0 Å². The Morgan fingerprint density at radius 1 is 1.18 bits per heavy atom. The molecule has 4 heterocycles. The SMILES string of the molecule is O=c1c2ncc(C#Cc3ccccn3)cc2nc2n1CC1(CCC2)CC1(F)F. The Hall–Kier alpha value is -3.14. The van der Waals surface area contributed by atoms with E-state index < -0.39 is 11.3 Å². The summed E-state index contributed by atoms with van der Waals surface area (Å²) >= 11 is 0. The van der Waals surface area contributed by atoms with Crippen LogP contribution >= 0.6 is 0 Å². The summed E-state index contributed by atoms with van der Waals surface area (Å²) in [4.78, 5) is 25.9. The fourth-order valence-electron chi connectivity index (χ4n) is 3.93. The maximum absolute atomic E-state index is 13.9. The lowest BCUT2D eigenvalue weighted by Crippen LogP contribution is -2.29. The van der Waals surface area contributed by atoms with E-state index in [4.69, 9.17) is 0 Å².